The molecule has 0 saturated carbocycles. The normalized spacial score (nSPS) is 11.3. The van der Waals surface area contributed by atoms with Crippen molar-refractivity contribution in [3.8, 4) is 11.5 Å². The predicted molar refractivity (Wildman–Crippen MR) is 101 cm³/mol. The lowest BCUT2D eigenvalue weighted by Gasteiger charge is -2.05. The molecule has 25 heavy (non-hydrogen) atoms. The fraction of sp³-hybridized carbons (Fsp3) is 0.211. The van der Waals surface area contributed by atoms with Crippen molar-refractivity contribution in [2.45, 2.75) is 24.8 Å². The second-order valence-electron chi connectivity index (χ2n) is 6.12. The summed E-state index contributed by atoms with van der Waals surface area (Å²) >= 11 is 1.69. The van der Waals surface area contributed by atoms with Gasteiger partial charge in [0.05, 0.1) is 5.69 Å². The van der Waals surface area contributed by atoms with Crippen LogP contribution < -0.4 is 0 Å². The monoisotopic (exact) mass is 349 g/mol. The molecule has 0 fully saturated rings. The lowest BCUT2D eigenvalue weighted by molar-refractivity contribution is 0.791. The molecule has 3 heterocycles. The molecule has 0 radical (unpaired) electrons. The Bertz CT molecular complexity index is 1030. The summed E-state index contributed by atoms with van der Waals surface area (Å²) in [5.41, 5.74) is 5.37. The smallest absolute Gasteiger partial charge is 0.191 e. The van der Waals surface area contributed by atoms with Crippen molar-refractivity contribution in [2.75, 3.05) is 0 Å². The van der Waals surface area contributed by atoms with Gasteiger partial charge in [-0.3, -0.25) is 4.40 Å². The zero-order valence-electron chi connectivity index (χ0n) is 14.5. The Morgan fingerprint density at radius 3 is 2.64 bits per heavy atom. The van der Waals surface area contributed by atoms with Gasteiger partial charge in [0, 0.05) is 19.0 Å². The highest BCUT2D eigenvalue weighted by atomic mass is 32.2. The number of thioether (sulfide) groups is 1. The summed E-state index contributed by atoms with van der Waals surface area (Å²) in [5, 5.41) is 9.73. The number of fused-ring (bicyclic) bond motifs is 1. The molecule has 0 bridgehead atoms. The van der Waals surface area contributed by atoms with E-state index >= 15 is 0 Å². The van der Waals surface area contributed by atoms with Gasteiger partial charge in [-0.05, 0) is 37.1 Å². The van der Waals surface area contributed by atoms with Crippen LogP contribution in [-0.4, -0.2) is 24.1 Å². The number of nitrogens with zero attached hydrogens (tertiary/aromatic N) is 5. The van der Waals surface area contributed by atoms with E-state index in [0.717, 1.165) is 33.8 Å². The molecular formula is C19H19N5S. The number of rotatable bonds is 4. The van der Waals surface area contributed by atoms with E-state index in [4.69, 9.17) is 0 Å². The molecule has 126 valence electrons. The van der Waals surface area contributed by atoms with Gasteiger partial charge in [0.1, 0.15) is 11.3 Å². The first-order chi connectivity index (χ1) is 12.1. The Hall–Kier alpha value is -2.60. The second-order valence-corrected chi connectivity index (χ2v) is 7.06. The summed E-state index contributed by atoms with van der Waals surface area (Å²) < 4.78 is 4.13. The molecule has 0 saturated heterocycles. The third-order valence-electron chi connectivity index (χ3n) is 4.21. The maximum absolute atomic E-state index is 4.67. The summed E-state index contributed by atoms with van der Waals surface area (Å²) in [6, 6.07) is 14.6. The average molecular weight is 349 g/mol. The van der Waals surface area contributed by atoms with Crippen LogP contribution in [0.3, 0.4) is 0 Å². The number of benzene rings is 1. The molecule has 0 aliphatic heterocycles. The van der Waals surface area contributed by atoms with E-state index in [1.54, 1.807) is 11.8 Å². The highest BCUT2D eigenvalue weighted by Gasteiger charge is 2.18. The van der Waals surface area contributed by atoms with Crippen LogP contribution in [0.15, 0.2) is 53.8 Å². The van der Waals surface area contributed by atoms with Crippen molar-refractivity contribution in [2.24, 2.45) is 7.05 Å². The van der Waals surface area contributed by atoms with E-state index in [0.29, 0.717) is 0 Å². The van der Waals surface area contributed by atoms with Gasteiger partial charge in [-0.1, -0.05) is 42.1 Å². The zero-order chi connectivity index (χ0) is 17.4. The van der Waals surface area contributed by atoms with Gasteiger partial charge < -0.3 is 4.57 Å². The van der Waals surface area contributed by atoms with E-state index in [2.05, 4.69) is 62.9 Å². The van der Waals surface area contributed by atoms with Crippen LogP contribution in [0, 0.1) is 13.8 Å². The zero-order valence-corrected chi connectivity index (χ0v) is 15.3. The molecular weight excluding hydrogens is 330 g/mol. The van der Waals surface area contributed by atoms with Crippen molar-refractivity contribution in [1.29, 1.82) is 0 Å². The molecule has 1 aromatic carbocycles. The Balaban J connectivity index is 1.68. The van der Waals surface area contributed by atoms with Crippen molar-refractivity contribution < 1.29 is 0 Å². The largest absolute Gasteiger partial charge is 0.304 e. The third kappa shape index (κ3) is 2.93. The molecule has 0 amide bonds. The Morgan fingerprint density at radius 2 is 1.84 bits per heavy atom. The minimum absolute atomic E-state index is 0.837. The molecule has 0 atom stereocenters. The summed E-state index contributed by atoms with van der Waals surface area (Å²) in [7, 11) is 2.01. The lowest BCUT2D eigenvalue weighted by Crippen LogP contribution is -1.99. The van der Waals surface area contributed by atoms with E-state index < -0.39 is 0 Å². The molecule has 0 aliphatic rings. The number of aryl methyl sites for hydroxylation is 2. The van der Waals surface area contributed by atoms with Crippen molar-refractivity contribution >= 4 is 17.4 Å². The van der Waals surface area contributed by atoms with Crippen LogP contribution in [0.1, 0.15) is 16.8 Å². The van der Waals surface area contributed by atoms with Gasteiger partial charge >= 0.3 is 0 Å². The standard InChI is InChI=1S/C19H19N5S/c1-13-9-10-24-16(11-13)20-14(2)17(24)18-21-22-19(23(18)3)25-12-15-7-5-4-6-8-15/h4-11H,12H2,1-3H3. The predicted octanol–water partition coefficient (Wildman–Crippen LogP) is 4.04. The minimum Gasteiger partial charge on any atom is -0.304 e. The van der Waals surface area contributed by atoms with Crippen LogP contribution in [0.2, 0.25) is 0 Å². The molecule has 6 heteroatoms. The first kappa shape index (κ1) is 15.9. The topological polar surface area (TPSA) is 48.0 Å². The first-order valence-corrected chi connectivity index (χ1v) is 9.14. The maximum atomic E-state index is 4.67. The third-order valence-corrected chi connectivity index (χ3v) is 5.30. The SMILES string of the molecule is Cc1ccn2c(-c3nnc(SCc4ccccc4)n3C)c(C)nc2c1. The number of imidazole rings is 1. The fourth-order valence-electron chi connectivity index (χ4n) is 2.90. The molecule has 4 rings (SSSR count). The van der Waals surface area contributed by atoms with Gasteiger partial charge in [-0.2, -0.15) is 0 Å². The maximum Gasteiger partial charge on any atom is 0.191 e. The quantitative estimate of drug-likeness (QED) is 0.522. The number of pyridine rings is 1. The number of aromatic nitrogens is 5. The van der Waals surface area contributed by atoms with Crippen LogP contribution >= 0.6 is 11.8 Å². The summed E-state index contributed by atoms with van der Waals surface area (Å²) in [6.45, 7) is 4.09. The average Bonchev–Trinajstić information content (AvgIpc) is 3.12. The molecule has 4 aromatic rings. The van der Waals surface area contributed by atoms with Gasteiger partial charge in [-0.15, -0.1) is 10.2 Å². The molecule has 0 aliphatic carbocycles. The highest BCUT2D eigenvalue weighted by Crippen LogP contribution is 2.28. The van der Waals surface area contributed by atoms with Gasteiger partial charge in [-0.25, -0.2) is 4.98 Å². The van der Waals surface area contributed by atoms with E-state index in [1.807, 2.05) is 30.8 Å². The Kier molecular flexibility index (Phi) is 4.05. The molecule has 0 N–H and O–H groups in total. The van der Waals surface area contributed by atoms with Gasteiger partial charge in [0.25, 0.3) is 0 Å². The van der Waals surface area contributed by atoms with Crippen LogP contribution in [0.5, 0.6) is 0 Å². The highest BCUT2D eigenvalue weighted by molar-refractivity contribution is 7.98. The van der Waals surface area contributed by atoms with E-state index in [9.17, 15) is 0 Å². The van der Waals surface area contributed by atoms with Crippen molar-refractivity contribution in [1.82, 2.24) is 24.1 Å². The van der Waals surface area contributed by atoms with Gasteiger partial charge in [0.15, 0.2) is 11.0 Å². The van der Waals surface area contributed by atoms with E-state index in [1.165, 1.54) is 11.1 Å². The summed E-state index contributed by atoms with van der Waals surface area (Å²) in [5.74, 6) is 1.71. The molecule has 0 spiro atoms. The Labute approximate surface area is 150 Å². The van der Waals surface area contributed by atoms with Crippen LogP contribution in [-0.2, 0) is 12.8 Å². The molecule has 3 aromatic heterocycles. The van der Waals surface area contributed by atoms with E-state index in [-0.39, 0.29) is 0 Å². The molecule has 5 nitrogen and oxygen atoms in total. The van der Waals surface area contributed by atoms with Gasteiger partial charge in [0.2, 0.25) is 0 Å². The van der Waals surface area contributed by atoms with Crippen LogP contribution in [0.4, 0.5) is 0 Å². The molecule has 0 unspecified atom stereocenters. The minimum atomic E-state index is 0.837. The van der Waals surface area contributed by atoms with Crippen molar-refractivity contribution in [3.05, 3.63) is 65.5 Å². The Morgan fingerprint density at radius 1 is 1.04 bits per heavy atom. The summed E-state index contributed by atoms with van der Waals surface area (Å²) in [4.78, 5) is 4.67. The second kappa shape index (κ2) is 6.37. The number of hydrogen-bond donors (Lipinski definition) is 0. The number of hydrogen-bond acceptors (Lipinski definition) is 4. The lowest BCUT2D eigenvalue weighted by atomic mass is 10.2. The van der Waals surface area contributed by atoms with Crippen LogP contribution in [0.25, 0.3) is 17.2 Å². The summed E-state index contributed by atoms with van der Waals surface area (Å²) in [6.07, 6.45) is 2.05. The van der Waals surface area contributed by atoms with Crippen molar-refractivity contribution in [3.63, 3.8) is 0 Å². The first-order valence-electron chi connectivity index (χ1n) is 8.15. The fourth-order valence-corrected chi connectivity index (χ4v) is 3.77.